The highest BCUT2D eigenvalue weighted by molar-refractivity contribution is 5.81. The molecule has 126 valence electrons. The third-order valence-corrected chi connectivity index (χ3v) is 3.28. The van der Waals surface area contributed by atoms with Gasteiger partial charge in [0.25, 0.3) is 11.4 Å². The van der Waals surface area contributed by atoms with E-state index < -0.39 is 9.85 Å². The summed E-state index contributed by atoms with van der Waals surface area (Å²) >= 11 is 0. The molecule has 0 unspecified atom stereocenters. The van der Waals surface area contributed by atoms with Gasteiger partial charge in [-0.2, -0.15) is 0 Å². The van der Waals surface area contributed by atoms with E-state index in [9.17, 15) is 25.0 Å². The molecule has 0 spiro atoms. The van der Waals surface area contributed by atoms with Gasteiger partial charge in [-0.25, -0.2) is 0 Å². The Bertz CT molecular complexity index is 574. The molecule has 23 heavy (non-hydrogen) atoms. The highest BCUT2D eigenvalue weighted by Crippen LogP contribution is 2.39. The van der Waals surface area contributed by atoms with E-state index in [1.54, 1.807) is 4.90 Å². The summed E-state index contributed by atoms with van der Waals surface area (Å²) in [6, 6.07) is 2.53. The zero-order valence-corrected chi connectivity index (χ0v) is 13.6. The van der Waals surface area contributed by atoms with E-state index in [1.807, 2.05) is 13.8 Å². The molecule has 0 aliphatic carbocycles. The van der Waals surface area contributed by atoms with Gasteiger partial charge in [0.2, 0.25) is 0 Å². The summed E-state index contributed by atoms with van der Waals surface area (Å²) in [7, 11) is 0. The highest BCUT2D eigenvalue weighted by atomic mass is 16.6. The predicted molar refractivity (Wildman–Crippen MR) is 86.9 cm³/mol. The molecule has 8 nitrogen and oxygen atoms in total. The van der Waals surface area contributed by atoms with Crippen LogP contribution in [0.2, 0.25) is 0 Å². The lowest BCUT2D eigenvalue weighted by molar-refractivity contribution is -0.392. The van der Waals surface area contributed by atoms with Crippen LogP contribution in [0.3, 0.4) is 0 Å². The van der Waals surface area contributed by atoms with Gasteiger partial charge < -0.3 is 4.90 Å². The van der Waals surface area contributed by atoms with Crippen LogP contribution < -0.4 is 4.90 Å². The molecule has 0 aliphatic rings. The van der Waals surface area contributed by atoms with E-state index in [0.29, 0.717) is 25.9 Å². The van der Waals surface area contributed by atoms with Crippen LogP contribution in [0.4, 0.5) is 17.1 Å². The van der Waals surface area contributed by atoms with Gasteiger partial charge in [-0.3, -0.25) is 25.0 Å². The average molecular weight is 323 g/mol. The molecule has 0 bridgehead atoms. The second-order valence-corrected chi connectivity index (χ2v) is 5.36. The van der Waals surface area contributed by atoms with E-state index in [4.69, 9.17) is 0 Å². The highest BCUT2D eigenvalue weighted by Gasteiger charge is 2.30. The number of hydrogen-bond donors (Lipinski definition) is 0. The molecular formula is C15H21N3O5. The maximum Gasteiger partial charge on any atom is 0.299 e. The number of anilines is 1. The Morgan fingerprint density at radius 3 is 1.78 bits per heavy atom. The fourth-order valence-corrected chi connectivity index (χ4v) is 2.53. The van der Waals surface area contributed by atoms with Crippen molar-refractivity contribution in [2.24, 2.45) is 0 Å². The lowest BCUT2D eigenvalue weighted by Gasteiger charge is -2.23. The third-order valence-electron chi connectivity index (χ3n) is 3.28. The Balaban J connectivity index is 3.59. The number of Topliss-reactive ketones (excluding diaryl/α,β-unsaturated/α-hetero) is 1. The smallest absolute Gasteiger partial charge is 0.299 e. The fraction of sp³-hybridized carbons (Fsp3) is 0.533. The molecule has 0 saturated heterocycles. The maximum absolute atomic E-state index is 11.4. The molecule has 0 radical (unpaired) electrons. The maximum atomic E-state index is 11.4. The second-order valence-electron chi connectivity index (χ2n) is 5.36. The van der Waals surface area contributed by atoms with Gasteiger partial charge in [-0.1, -0.05) is 13.8 Å². The topological polar surface area (TPSA) is 107 Å². The second kappa shape index (κ2) is 8.21. The van der Waals surface area contributed by atoms with Crippen LogP contribution in [0.25, 0.3) is 0 Å². The first-order chi connectivity index (χ1) is 10.8. The third kappa shape index (κ3) is 4.73. The average Bonchev–Trinajstić information content (AvgIpc) is 2.45. The number of carbonyl (C=O) groups excluding carboxylic acids is 1. The number of nitro groups is 2. The minimum absolute atomic E-state index is 0.0241. The van der Waals surface area contributed by atoms with E-state index in [-0.39, 0.29) is 34.8 Å². The van der Waals surface area contributed by atoms with Gasteiger partial charge in [-0.15, -0.1) is 0 Å². The van der Waals surface area contributed by atoms with Crippen LogP contribution in [-0.2, 0) is 11.2 Å². The van der Waals surface area contributed by atoms with Crippen LogP contribution in [0.15, 0.2) is 12.1 Å². The minimum Gasteiger partial charge on any atom is -0.360 e. The van der Waals surface area contributed by atoms with Crippen molar-refractivity contribution in [2.45, 2.75) is 40.0 Å². The van der Waals surface area contributed by atoms with E-state index >= 15 is 0 Å². The molecule has 0 fully saturated rings. The molecule has 0 heterocycles. The first kappa shape index (κ1) is 18.5. The summed E-state index contributed by atoms with van der Waals surface area (Å²) in [5, 5.41) is 22.8. The van der Waals surface area contributed by atoms with Crippen molar-refractivity contribution < 1.29 is 14.6 Å². The van der Waals surface area contributed by atoms with Crippen molar-refractivity contribution in [3.05, 3.63) is 37.9 Å². The lowest BCUT2D eigenvalue weighted by Crippen LogP contribution is -2.26. The van der Waals surface area contributed by atoms with Crippen LogP contribution >= 0.6 is 0 Å². The molecule has 8 heteroatoms. The predicted octanol–water partition coefficient (Wildman–Crippen LogP) is 3.26. The fourth-order valence-electron chi connectivity index (χ4n) is 2.53. The largest absolute Gasteiger partial charge is 0.360 e. The quantitative estimate of drug-likeness (QED) is 0.510. The zero-order valence-electron chi connectivity index (χ0n) is 13.6. The lowest BCUT2D eigenvalue weighted by atomic mass is 10.0. The zero-order chi connectivity index (χ0) is 17.6. The van der Waals surface area contributed by atoms with Crippen molar-refractivity contribution in [1.82, 2.24) is 0 Å². The van der Waals surface area contributed by atoms with Crippen molar-refractivity contribution >= 4 is 22.8 Å². The van der Waals surface area contributed by atoms with E-state index in [2.05, 4.69) is 0 Å². The SMILES string of the molecule is CCCN(CCC)c1c([N+](=O)[O-])cc(CC(C)=O)cc1[N+](=O)[O-]. The van der Waals surface area contributed by atoms with Crippen LogP contribution in [0.1, 0.15) is 39.2 Å². The monoisotopic (exact) mass is 323 g/mol. The van der Waals surface area contributed by atoms with Gasteiger partial charge in [0, 0.05) is 31.6 Å². The summed E-state index contributed by atoms with van der Waals surface area (Å²) in [6.07, 6.45) is 1.36. The van der Waals surface area contributed by atoms with Crippen LogP contribution in [0, 0.1) is 20.2 Å². The van der Waals surface area contributed by atoms with E-state index in [1.165, 1.54) is 19.1 Å². The van der Waals surface area contributed by atoms with Crippen molar-refractivity contribution in [2.75, 3.05) is 18.0 Å². The van der Waals surface area contributed by atoms with Gasteiger partial charge in [0.1, 0.15) is 5.78 Å². The summed E-state index contributed by atoms with van der Waals surface area (Å²) in [5.74, 6) is -0.208. The first-order valence-electron chi connectivity index (χ1n) is 7.51. The molecule has 0 N–H and O–H groups in total. The normalized spacial score (nSPS) is 10.4. The Morgan fingerprint density at radius 1 is 1.04 bits per heavy atom. The van der Waals surface area contributed by atoms with Gasteiger partial charge in [0.15, 0.2) is 5.69 Å². The standard InChI is InChI=1S/C15H21N3O5/c1-4-6-16(7-5-2)15-13(17(20)21)9-12(8-11(3)19)10-14(15)18(22)23/h9-10H,4-8H2,1-3H3. The first-order valence-corrected chi connectivity index (χ1v) is 7.51. The molecular weight excluding hydrogens is 302 g/mol. The van der Waals surface area contributed by atoms with E-state index in [0.717, 1.165) is 0 Å². The Kier molecular flexibility index (Phi) is 6.62. The Labute approximate surface area is 134 Å². The number of rotatable bonds is 9. The Morgan fingerprint density at radius 2 is 1.48 bits per heavy atom. The van der Waals surface area contributed by atoms with Gasteiger partial charge in [-0.05, 0) is 25.3 Å². The summed E-state index contributed by atoms with van der Waals surface area (Å²) in [6.45, 7) is 6.13. The molecule has 0 saturated carbocycles. The van der Waals surface area contributed by atoms with Gasteiger partial charge >= 0.3 is 0 Å². The van der Waals surface area contributed by atoms with Gasteiger partial charge in [0.05, 0.1) is 9.85 Å². The van der Waals surface area contributed by atoms with Crippen molar-refractivity contribution in [3.63, 3.8) is 0 Å². The van der Waals surface area contributed by atoms with Crippen molar-refractivity contribution in [1.29, 1.82) is 0 Å². The molecule has 0 aliphatic heterocycles. The Hall–Kier alpha value is -2.51. The number of ketones is 1. The summed E-state index contributed by atoms with van der Waals surface area (Å²) in [5.41, 5.74) is -0.335. The van der Waals surface area contributed by atoms with Crippen LogP contribution in [-0.4, -0.2) is 28.7 Å². The molecule has 0 aromatic heterocycles. The number of carbonyl (C=O) groups is 1. The van der Waals surface area contributed by atoms with Crippen LogP contribution in [0.5, 0.6) is 0 Å². The number of hydrogen-bond acceptors (Lipinski definition) is 6. The molecule has 0 atom stereocenters. The number of nitro benzene ring substituents is 2. The number of nitrogens with zero attached hydrogens (tertiary/aromatic N) is 3. The van der Waals surface area contributed by atoms with Crippen molar-refractivity contribution in [3.8, 4) is 0 Å². The summed E-state index contributed by atoms with van der Waals surface area (Å²) < 4.78 is 0. The number of benzene rings is 1. The molecule has 1 aromatic rings. The molecule has 0 amide bonds. The summed E-state index contributed by atoms with van der Waals surface area (Å²) in [4.78, 5) is 34.5. The molecule has 1 rings (SSSR count). The molecule has 1 aromatic carbocycles. The minimum atomic E-state index is -0.621.